The number of halogens is 2. The Balaban J connectivity index is 0. The second kappa shape index (κ2) is 7.59. The van der Waals surface area contributed by atoms with Crippen LogP contribution in [0.4, 0.5) is 11.4 Å². The molecule has 0 bridgehead atoms. The summed E-state index contributed by atoms with van der Waals surface area (Å²) < 4.78 is 5.13. The van der Waals surface area contributed by atoms with Crippen molar-refractivity contribution in [2.24, 2.45) is 0 Å². The van der Waals surface area contributed by atoms with Crippen LogP contribution in [-0.2, 0) is 0 Å². The predicted molar refractivity (Wildman–Crippen MR) is 66.1 cm³/mol. The van der Waals surface area contributed by atoms with Crippen LogP contribution in [0.15, 0.2) is 18.2 Å². The van der Waals surface area contributed by atoms with Crippen molar-refractivity contribution >= 4 is 36.2 Å². The lowest BCUT2D eigenvalue weighted by atomic mass is 10.2. The van der Waals surface area contributed by atoms with Gasteiger partial charge in [-0.15, -0.1) is 24.8 Å². The van der Waals surface area contributed by atoms with Gasteiger partial charge in [0, 0.05) is 12.2 Å². The van der Waals surface area contributed by atoms with E-state index in [1.54, 1.807) is 7.11 Å². The number of ether oxygens (including phenoxy) is 1. The van der Waals surface area contributed by atoms with E-state index in [4.69, 9.17) is 10.5 Å². The van der Waals surface area contributed by atoms with E-state index in [0.717, 1.165) is 23.7 Å². The van der Waals surface area contributed by atoms with Gasteiger partial charge in [-0.05, 0) is 25.1 Å². The molecular weight excluding hydrogens is 223 g/mol. The number of nitrogen functional groups attached to an aromatic ring is 1. The van der Waals surface area contributed by atoms with Crippen molar-refractivity contribution in [3.05, 3.63) is 18.2 Å². The molecule has 0 aliphatic rings. The Hall–Kier alpha value is -0.800. The van der Waals surface area contributed by atoms with Gasteiger partial charge in [0.05, 0.1) is 12.8 Å². The Labute approximate surface area is 96.8 Å². The molecule has 0 radical (unpaired) electrons. The molecule has 0 amide bonds. The molecule has 0 saturated carbocycles. The molecule has 0 fully saturated rings. The first-order chi connectivity index (χ1) is 5.77. The number of hydrogen-bond donors (Lipinski definition) is 2. The van der Waals surface area contributed by atoms with E-state index in [1.807, 2.05) is 25.1 Å². The largest absolute Gasteiger partial charge is 0.495 e. The summed E-state index contributed by atoms with van der Waals surface area (Å²) >= 11 is 0. The maximum absolute atomic E-state index is 5.62. The predicted octanol–water partition coefficient (Wildman–Crippen LogP) is 2.55. The third-order valence-electron chi connectivity index (χ3n) is 1.59. The highest BCUT2D eigenvalue weighted by molar-refractivity contribution is 5.85. The zero-order valence-electron chi connectivity index (χ0n) is 8.24. The maximum Gasteiger partial charge on any atom is 0.142 e. The first-order valence-electron chi connectivity index (χ1n) is 3.95. The summed E-state index contributed by atoms with van der Waals surface area (Å²) in [5.74, 6) is 0.825. The first kappa shape index (κ1) is 15.7. The fourth-order valence-corrected chi connectivity index (χ4v) is 1.05. The monoisotopic (exact) mass is 238 g/mol. The zero-order valence-corrected chi connectivity index (χ0v) is 9.87. The van der Waals surface area contributed by atoms with Gasteiger partial charge in [0.2, 0.25) is 0 Å². The summed E-state index contributed by atoms with van der Waals surface area (Å²) in [5.41, 5.74) is 7.30. The molecule has 3 nitrogen and oxygen atoms in total. The molecule has 14 heavy (non-hydrogen) atoms. The van der Waals surface area contributed by atoms with Crippen molar-refractivity contribution in [2.75, 3.05) is 24.7 Å². The van der Waals surface area contributed by atoms with Crippen LogP contribution in [0.25, 0.3) is 0 Å². The van der Waals surface area contributed by atoms with Gasteiger partial charge in [-0.1, -0.05) is 0 Å². The van der Waals surface area contributed by atoms with Crippen molar-refractivity contribution in [2.45, 2.75) is 6.92 Å². The number of methoxy groups -OCH3 is 1. The summed E-state index contributed by atoms with van der Waals surface area (Å²) in [6, 6.07) is 5.54. The van der Waals surface area contributed by atoms with Crippen LogP contribution in [0.3, 0.4) is 0 Å². The van der Waals surface area contributed by atoms with Crippen molar-refractivity contribution in [1.82, 2.24) is 0 Å². The number of nitrogens with one attached hydrogen (secondary N) is 1. The minimum atomic E-state index is 0. The van der Waals surface area contributed by atoms with Crippen molar-refractivity contribution in [1.29, 1.82) is 0 Å². The molecule has 1 aromatic rings. The Morgan fingerprint density at radius 2 is 2.00 bits per heavy atom. The Kier molecular flexibility index (Phi) is 8.49. The van der Waals surface area contributed by atoms with Crippen LogP contribution in [-0.4, -0.2) is 13.7 Å². The van der Waals surface area contributed by atoms with Crippen molar-refractivity contribution in [3.8, 4) is 5.75 Å². The van der Waals surface area contributed by atoms with E-state index >= 15 is 0 Å². The molecule has 1 aromatic carbocycles. The van der Waals surface area contributed by atoms with Crippen molar-refractivity contribution < 1.29 is 4.74 Å². The van der Waals surface area contributed by atoms with Gasteiger partial charge in [-0.3, -0.25) is 0 Å². The Morgan fingerprint density at radius 1 is 1.36 bits per heavy atom. The lowest BCUT2D eigenvalue weighted by Crippen LogP contribution is -2.00. The van der Waals surface area contributed by atoms with E-state index in [1.165, 1.54) is 0 Å². The molecule has 5 heteroatoms. The molecule has 0 aliphatic carbocycles. The van der Waals surface area contributed by atoms with Gasteiger partial charge in [0.15, 0.2) is 0 Å². The second-order valence-corrected chi connectivity index (χ2v) is 2.49. The Bertz CT molecular complexity index is 269. The quantitative estimate of drug-likeness (QED) is 0.797. The number of nitrogens with two attached hydrogens (primary N) is 1. The summed E-state index contributed by atoms with van der Waals surface area (Å²) in [6.45, 7) is 2.89. The Morgan fingerprint density at radius 3 is 2.50 bits per heavy atom. The molecule has 0 spiro atoms. The fourth-order valence-electron chi connectivity index (χ4n) is 1.05. The van der Waals surface area contributed by atoms with Gasteiger partial charge in [-0.2, -0.15) is 0 Å². The van der Waals surface area contributed by atoms with Gasteiger partial charge in [0.1, 0.15) is 5.75 Å². The van der Waals surface area contributed by atoms with Gasteiger partial charge in [0.25, 0.3) is 0 Å². The summed E-state index contributed by atoms with van der Waals surface area (Å²) in [5, 5.41) is 3.16. The highest BCUT2D eigenvalue weighted by Gasteiger charge is 2.00. The van der Waals surface area contributed by atoms with Gasteiger partial charge < -0.3 is 15.8 Å². The average Bonchev–Trinajstić information content (AvgIpc) is 2.05. The minimum absolute atomic E-state index is 0. The van der Waals surface area contributed by atoms with Crippen LogP contribution in [0, 0.1) is 0 Å². The van der Waals surface area contributed by atoms with Crippen LogP contribution in [0.1, 0.15) is 6.92 Å². The number of anilines is 2. The zero-order chi connectivity index (χ0) is 8.97. The van der Waals surface area contributed by atoms with E-state index in [-0.39, 0.29) is 24.8 Å². The van der Waals surface area contributed by atoms with E-state index in [0.29, 0.717) is 0 Å². The van der Waals surface area contributed by atoms with Crippen molar-refractivity contribution in [3.63, 3.8) is 0 Å². The molecule has 0 unspecified atom stereocenters. The molecule has 82 valence electrons. The normalized spacial score (nSPS) is 8.14. The maximum atomic E-state index is 5.62. The third kappa shape index (κ3) is 3.94. The smallest absolute Gasteiger partial charge is 0.142 e. The van der Waals surface area contributed by atoms with Crippen LogP contribution in [0.2, 0.25) is 0 Å². The molecule has 0 aromatic heterocycles. The second-order valence-electron chi connectivity index (χ2n) is 2.49. The fraction of sp³-hybridized carbons (Fsp3) is 0.333. The highest BCUT2D eigenvalue weighted by Crippen LogP contribution is 2.25. The van der Waals surface area contributed by atoms with Crippen LogP contribution in [0.5, 0.6) is 5.75 Å². The minimum Gasteiger partial charge on any atom is -0.495 e. The topological polar surface area (TPSA) is 47.3 Å². The summed E-state index contributed by atoms with van der Waals surface area (Å²) in [7, 11) is 1.65. The summed E-state index contributed by atoms with van der Waals surface area (Å²) in [4.78, 5) is 0. The first-order valence-corrected chi connectivity index (χ1v) is 3.95. The average molecular weight is 239 g/mol. The molecule has 1 rings (SSSR count). The molecule has 0 atom stereocenters. The molecule has 0 saturated heterocycles. The molecule has 0 aliphatic heterocycles. The number of hydrogen-bond acceptors (Lipinski definition) is 3. The van der Waals surface area contributed by atoms with E-state index in [9.17, 15) is 0 Å². The highest BCUT2D eigenvalue weighted by atomic mass is 35.5. The standard InChI is InChI=1S/C9H14N2O.2ClH/c1-3-11-8-6-7(10)4-5-9(8)12-2;;/h4-6,11H,3,10H2,1-2H3;2*1H. The van der Waals surface area contributed by atoms with Crippen LogP contribution < -0.4 is 15.8 Å². The van der Waals surface area contributed by atoms with E-state index < -0.39 is 0 Å². The summed E-state index contributed by atoms with van der Waals surface area (Å²) in [6.07, 6.45) is 0. The lowest BCUT2D eigenvalue weighted by molar-refractivity contribution is 0.416. The lowest BCUT2D eigenvalue weighted by Gasteiger charge is -2.09. The number of benzene rings is 1. The van der Waals surface area contributed by atoms with E-state index in [2.05, 4.69) is 5.32 Å². The third-order valence-corrected chi connectivity index (χ3v) is 1.59. The number of rotatable bonds is 3. The molecule has 3 N–H and O–H groups in total. The van der Waals surface area contributed by atoms with Crippen LogP contribution >= 0.6 is 24.8 Å². The van der Waals surface area contributed by atoms with Gasteiger partial charge >= 0.3 is 0 Å². The molecular formula is C9H16Cl2N2O. The molecule has 0 heterocycles. The van der Waals surface area contributed by atoms with Gasteiger partial charge in [-0.25, -0.2) is 0 Å². The SMILES string of the molecule is CCNc1cc(N)ccc1OC.Cl.Cl.